The molecule has 0 radical (unpaired) electrons. The van der Waals surface area contributed by atoms with Crippen LogP contribution in [0.3, 0.4) is 0 Å². The van der Waals surface area contributed by atoms with E-state index in [2.05, 4.69) is 39.1 Å². The summed E-state index contributed by atoms with van der Waals surface area (Å²) in [4.78, 5) is 0. The van der Waals surface area contributed by atoms with Crippen LogP contribution in [0.15, 0.2) is 29.7 Å². The van der Waals surface area contributed by atoms with Crippen molar-refractivity contribution in [1.82, 2.24) is 5.32 Å². The Morgan fingerprint density at radius 1 is 1.14 bits per heavy atom. The molecule has 2 N–H and O–H groups in total. The minimum Gasteiger partial charge on any atom is -0.400 e. The smallest absolute Gasteiger partial charge is 0.400 e. The zero-order chi connectivity index (χ0) is 16.4. The standard InChI is InChI=1S/C17H26BNO3/c1-16(2)17(3,4)22-18(21-16)15(11-19-5)10-13-6-8-14(12-20)9-7-13/h6-10,19-20H,11-12H2,1-5H3. The molecule has 0 atom stereocenters. The molecular weight excluding hydrogens is 277 g/mol. The summed E-state index contributed by atoms with van der Waals surface area (Å²) in [6.07, 6.45) is 2.08. The van der Waals surface area contributed by atoms with Crippen LogP contribution < -0.4 is 5.32 Å². The fourth-order valence-corrected chi connectivity index (χ4v) is 2.33. The van der Waals surface area contributed by atoms with Crippen LogP contribution >= 0.6 is 0 Å². The Labute approximate surface area is 133 Å². The molecule has 1 aliphatic rings. The molecule has 22 heavy (non-hydrogen) atoms. The van der Waals surface area contributed by atoms with Crippen LogP contribution in [0.4, 0.5) is 0 Å². The van der Waals surface area contributed by atoms with Crippen molar-refractivity contribution in [2.75, 3.05) is 13.6 Å². The molecule has 0 saturated carbocycles. The minimum absolute atomic E-state index is 0.0601. The number of hydrogen-bond acceptors (Lipinski definition) is 4. The van der Waals surface area contributed by atoms with Gasteiger partial charge in [0.25, 0.3) is 0 Å². The Morgan fingerprint density at radius 3 is 2.14 bits per heavy atom. The second-order valence-electron chi connectivity index (χ2n) is 6.74. The molecule has 5 heteroatoms. The summed E-state index contributed by atoms with van der Waals surface area (Å²) in [5.74, 6) is 0. The number of nitrogens with one attached hydrogen (secondary N) is 1. The van der Waals surface area contributed by atoms with Crippen molar-refractivity contribution in [2.24, 2.45) is 0 Å². The van der Waals surface area contributed by atoms with Crippen LogP contribution in [0, 0.1) is 0 Å². The van der Waals surface area contributed by atoms with E-state index in [4.69, 9.17) is 14.4 Å². The number of aliphatic hydroxyl groups excluding tert-OH is 1. The molecule has 0 amide bonds. The Balaban J connectivity index is 2.24. The molecule has 1 aliphatic heterocycles. The Hall–Kier alpha value is -1.14. The third kappa shape index (κ3) is 3.61. The highest BCUT2D eigenvalue weighted by Gasteiger charge is 2.52. The van der Waals surface area contributed by atoms with E-state index in [9.17, 15) is 0 Å². The maximum Gasteiger partial charge on any atom is 0.491 e. The molecule has 0 aromatic heterocycles. The largest absolute Gasteiger partial charge is 0.491 e. The van der Waals surface area contributed by atoms with Crippen LogP contribution in [0.2, 0.25) is 0 Å². The molecule has 1 aromatic rings. The molecule has 0 bridgehead atoms. The first-order chi connectivity index (χ1) is 10.3. The second-order valence-corrected chi connectivity index (χ2v) is 6.74. The monoisotopic (exact) mass is 303 g/mol. The summed E-state index contributed by atoms with van der Waals surface area (Å²) < 4.78 is 12.3. The molecule has 0 unspecified atom stereocenters. The summed E-state index contributed by atoms with van der Waals surface area (Å²) in [7, 11) is 1.56. The van der Waals surface area contributed by atoms with Gasteiger partial charge in [0.2, 0.25) is 0 Å². The van der Waals surface area contributed by atoms with Gasteiger partial charge >= 0.3 is 7.12 Å². The summed E-state index contributed by atoms with van der Waals surface area (Å²) >= 11 is 0. The first-order valence-electron chi connectivity index (χ1n) is 7.69. The van der Waals surface area contributed by atoms with Crippen molar-refractivity contribution in [3.8, 4) is 0 Å². The lowest BCUT2D eigenvalue weighted by molar-refractivity contribution is 0.00578. The second kappa shape index (κ2) is 6.55. The van der Waals surface area contributed by atoms with Crippen LogP contribution in [0.5, 0.6) is 0 Å². The summed E-state index contributed by atoms with van der Waals surface area (Å²) in [6, 6.07) is 7.83. The van der Waals surface area contributed by atoms with Gasteiger partial charge in [-0.25, -0.2) is 0 Å². The van der Waals surface area contributed by atoms with Gasteiger partial charge in [0.15, 0.2) is 0 Å². The highest BCUT2D eigenvalue weighted by molar-refractivity contribution is 6.55. The third-order valence-corrected chi connectivity index (χ3v) is 4.45. The van der Waals surface area contributed by atoms with Crippen molar-refractivity contribution in [1.29, 1.82) is 0 Å². The van der Waals surface area contributed by atoms with Gasteiger partial charge in [-0.05, 0) is 51.3 Å². The zero-order valence-electron chi connectivity index (χ0n) is 14.1. The van der Waals surface area contributed by atoms with E-state index < -0.39 is 0 Å². The first kappa shape index (κ1) is 17.2. The number of hydrogen-bond donors (Lipinski definition) is 2. The minimum atomic E-state index is -0.352. The SMILES string of the molecule is CNCC(=Cc1ccc(CO)cc1)B1OC(C)(C)C(C)(C)O1. The van der Waals surface area contributed by atoms with E-state index >= 15 is 0 Å². The maximum absolute atomic E-state index is 9.12. The number of rotatable bonds is 5. The number of aliphatic hydroxyl groups is 1. The van der Waals surface area contributed by atoms with Gasteiger partial charge in [0.1, 0.15) is 0 Å². The highest BCUT2D eigenvalue weighted by Crippen LogP contribution is 2.38. The Morgan fingerprint density at radius 2 is 1.68 bits per heavy atom. The van der Waals surface area contributed by atoms with E-state index in [1.165, 1.54) is 0 Å². The predicted molar refractivity (Wildman–Crippen MR) is 90.4 cm³/mol. The van der Waals surface area contributed by atoms with Crippen molar-refractivity contribution in [3.05, 3.63) is 40.9 Å². The predicted octanol–water partition coefficient (Wildman–Crippen LogP) is 2.41. The van der Waals surface area contributed by atoms with E-state index in [1.807, 2.05) is 31.3 Å². The van der Waals surface area contributed by atoms with Crippen molar-refractivity contribution in [2.45, 2.75) is 45.5 Å². The average molecular weight is 303 g/mol. The summed E-state index contributed by atoms with van der Waals surface area (Å²) in [5.41, 5.74) is 2.34. The van der Waals surface area contributed by atoms with Gasteiger partial charge < -0.3 is 19.7 Å². The fourth-order valence-electron chi connectivity index (χ4n) is 2.33. The van der Waals surface area contributed by atoms with Gasteiger partial charge in [-0.3, -0.25) is 0 Å². The Kier molecular flexibility index (Phi) is 5.12. The first-order valence-corrected chi connectivity index (χ1v) is 7.69. The lowest BCUT2D eigenvalue weighted by Gasteiger charge is -2.32. The fraction of sp³-hybridized carbons (Fsp3) is 0.529. The van der Waals surface area contributed by atoms with Gasteiger partial charge in [-0.2, -0.15) is 0 Å². The molecule has 1 fully saturated rings. The topological polar surface area (TPSA) is 50.7 Å². The van der Waals surface area contributed by atoms with Crippen LogP contribution in [0.1, 0.15) is 38.8 Å². The maximum atomic E-state index is 9.12. The van der Waals surface area contributed by atoms with Gasteiger partial charge in [0.05, 0.1) is 17.8 Å². The molecule has 1 heterocycles. The zero-order valence-corrected chi connectivity index (χ0v) is 14.1. The lowest BCUT2D eigenvalue weighted by atomic mass is 9.77. The van der Waals surface area contributed by atoms with Gasteiger partial charge in [0, 0.05) is 6.54 Å². The third-order valence-electron chi connectivity index (χ3n) is 4.45. The molecule has 0 spiro atoms. The number of benzene rings is 1. The van der Waals surface area contributed by atoms with Crippen LogP contribution in [0.25, 0.3) is 6.08 Å². The summed E-state index contributed by atoms with van der Waals surface area (Å²) in [6.45, 7) is 8.98. The molecule has 4 nitrogen and oxygen atoms in total. The molecule has 1 saturated heterocycles. The van der Waals surface area contributed by atoms with Crippen molar-refractivity contribution >= 4 is 13.2 Å². The van der Waals surface area contributed by atoms with Crippen molar-refractivity contribution < 1.29 is 14.4 Å². The molecule has 0 aliphatic carbocycles. The molecule has 2 rings (SSSR count). The van der Waals surface area contributed by atoms with E-state index in [-0.39, 0.29) is 24.9 Å². The van der Waals surface area contributed by atoms with Crippen molar-refractivity contribution in [3.63, 3.8) is 0 Å². The normalized spacial score (nSPS) is 20.5. The van der Waals surface area contributed by atoms with Crippen LogP contribution in [-0.2, 0) is 15.9 Å². The number of likely N-dealkylation sites (N-methyl/N-ethyl adjacent to an activating group) is 1. The van der Waals surface area contributed by atoms with Gasteiger partial charge in [-0.15, -0.1) is 0 Å². The summed E-state index contributed by atoms with van der Waals surface area (Å²) in [5, 5.41) is 12.3. The lowest BCUT2D eigenvalue weighted by Crippen LogP contribution is -2.41. The quantitative estimate of drug-likeness (QED) is 0.820. The average Bonchev–Trinajstić information content (AvgIpc) is 2.68. The van der Waals surface area contributed by atoms with E-state index in [1.54, 1.807) is 0 Å². The molecule has 120 valence electrons. The molecule has 1 aromatic carbocycles. The van der Waals surface area contributed by atoms with E-state index in [0.29, 0.717) is 6.54 Å². The highest BCUT2D eigenvalue weighted by atomic mass is 16.7. The Bertz CT molecular complexity index is 521. The molecular formula is C17H26BNO3. The van der Waals surface area contributed by atoms with Crippen LogP contribution in [-0.4, -0.2) is 37.0 Å². The van der Waals surface area contributed by atoms with Gasteiger partial charge in [-0.1, -0.05) is 30.3 Å². The van der Waals surface area contributed by atoms with E-state index in [0.717, 1.165) is 16.6 Å².